The number of benzene rings is 1. The molecule has 2 aromatic heterocycles. The summed E-state index contributed by atoms with van der Waals surface area (Å²) in [5, 5.41) is 6.98. The number of aromatic nitrogens is 2. The summed E-state index contributed by atoms with van der Waals surface area (Å²) in [6.45, 7) is 6.06. The van der Waals surface area contributed by atoms with Crippen LogP contribution < -0.4 is 15.4 Å². The van der Waals surface area contributed by atoms with Crippen LogP contribution in [0.5, 0.6) is 0 Å². The molecule has 4 rings (SSSR count). The molecule has 1 aliphatic rings. The topological polar surface area (TPSA) is 135 Å². The van der Waals surface area contributed by atoms with Crippen LogP contribution in [0, 0.1) is 0 Å². The summed E-state index contributed by atoms with van der Waals surface area (Å²) >= 11 is 1.53. The first-order chi connectivity index (χ1) is 17.7. The third-order valence-electron chi connectivity index (χ3n) is 6.08. The normalized spacial score (nSPS) is 18.1. The predicted molar refractivity (Wildman–Crippen MR) is 142 cm³/mol. The molecule has 3 aromatic rings. The van der Waals surface area contributed by atoms with E-state index in [-0.39, 0.29) is 35.6 Å². The van der Waals surface area contributed by atoms with Gasteiger partial charge in [-0.15, -0.1) is 11.3 Å². The van der Waals surface area contributed by atoms with Gasteiger partial charge in [-0.1, -0.05) is 19.1 Å². The van der Waals surface area contributed by atoms with Crippen molar-refractivity contribution < 1.29 is 22.4 Å². The van der Waals surface area contributed by atoms with Crippen LogP contribution in [-0.4, -0.2) is 43.2 Å². The Morgan fingerprint density at radius 3 is 2.68 bits per heavy atom. The summed E-state index contributed by atoms with van der Waals surface area (Å²) in [6.07, 6.45) is 7.73. The Labute approximate surface area is 221 Å². The number of nitrogens with one attached hydrogen (secondary N) is 3. The first kappa shape index (κ1) is 27.1. The molecule has 12 heteroatoms. The maximum Gasteiger partial charge on any atom is 0.407 e. The molecule has 0 unspecified atom stereocenters. The van der Waals surface area contributed by atoms with Gasteiger partial charge in [-0.3, -0.25) is 0 Å². The summed E-state index contributed by atoms with van der Waals surface area (Å²) in [6, 6.07) is 5.86. The van der Waals surface area contributed by atoms with Crippen LogP contribution in [0.2, 0.25) is 0 Å². The van der Waals surface area contributed by atoms with Crippen molar-refractivity contribution in [3.05, 3.63) is 47.4 Å². The van der Waals surface area contributed by atoms with Gasteiger partial charge in [0.1, 0.15) is 6.26 Å². The molecule has 1 aliphatic carbocycles. The van der Waals surface area contributed by atoms with Gasteiger partial charge in [-0.05, 0) is 51.2 Å². The fourth-order valence-electron chi connectivity index (χ4n) is 4.36. The van der Waals surface area contributed by atoms with Crippen molar-refractivity contribution in [2.75, 3.05) is 11.9 Å². The second kappa shape index (κ2) is 12.1. The molecule has 2 heterocycles. The van der Waals surface area contributed by atoms with Gasteiger partial charge in [0.05, 0.1) is 27.1 Å². The van der Waals surface area contributed by atoms with Gasteiger partial charge in [0.15, 0.2) is 0 Å². The molecule has 0 saturated heterocycles. The summed E-state index contributed by atoms with van der Waals surface area (Å²) in [5.41, 5.74) is 1.40. The minimum atomic E-state index is -3.72. The first-order valence-corrected chi connectivity index (χ1v) is 14.7. The van der Waals surface area contributed by atoms with E-state index < -0.39 is 10.0 Å². The molecule has 0 radical (unpaired) electrons. The zero-order valence-electron chi connectivity index (χ0n) is 21.2. The number of sulfonamides is 1. The second-order valence-corrected chi connectivity index (χ2v) is 12.0. The molecule has 3 N–H and O–H groups in total. The zero-order chi connectivity index (χ0) is 26.4. The monoisotopic (exact) mass is 547 g/mol. The molecule has 10 nitrogen and oxygen atoms in total. The number of hydrogen-bond acceptors (Lipinski definition) is 9. The molecule has 0 spiro atoms. The van der Waals surface area contributed by atoms with E-state index in [1.165, 1.54) is 23.8 Å². The van der Waals surface area contributed by atoms with Crippen molar-refractivity contribution >= 4 is 33.5 Å². The zero-order valence-corrected chi connectivity index (χ0v) is 22.8. The largest absolute Gasteiger partial charge is 0.447 e. The van der Waals surface area contributed by atoms with Crippen LogP contribution in [0.1, 0.15) is 62.9 Å². The molecule has 37 heavy (non-hydrogen) atoms. The third-order valence-corrected chi connectivity index (χ3v) is 8.85. The smallest absolute Gasteiger partial charge is 0.407 e. The summed E-state index contributed by atoms with van der Waals surface area (Å²) < 4.78 is 39.2. The lowest BCUT2D eigenvalue weighted by Crippen LogP contribution is -2.38. The van der Waals surface area contributed by atoms with Crippen LogP contribution in [0.15, 0.2) is 46.2 Å². The molecule has 0 bridgehead atoms. The molecule has 1 saturated carbocycles. The lowest BCUT2D eigenvalue weighted by atomic mass is 9.86. The average Bonchev–Trinajstić information content (AvgIpc) is 3.55. The molecular weight excluding hydrogens is 514 g/mol. The lowest BCUT2D eigenvalue weighted by Gasteiger charge is -2.28. The van der Waals surface area contributed by atoms with E-state index in [0.717, 1.165) is 41.1 Å². The molecule has 1 aromatic carbocycles. The molecule has 1 fully saturated rings. The minimum absolute atomic E-state index is 0.0938. The van der Waals surface area contributed by atoms with E-state index in [4.69, 9.17) is 9.15 Å². The van der Waals surface area contributed by atoms with Crippen molar-refractivity contribution in [1.82, 2.24) is 20.0 Å². The first-order valence-electron chi connectivity index (χ1n) is 12.4. The van der Waals surface area contributed by atoms with Gasteiger partial charge in [-0.2, -0.15) is 0 Å². The number of hydrogen-bond donors (Lipinski definition) is 3. The fourth-order valence-corrected chi connectivity index (χ4v) is 6.86. The maximum absolute atomic E-state index is 13.1. The van der Waals surface area contributed by atoms with Crippen molar-refractivity contribution in [2.24, 2.45) is 0 Å². The highest BCUT2D eigenvalue weighted by Gasteiger charge is 2.27. The number of anilines is 1. The van der Waals surface area contributed by atoms with E-state index in [1.807, 2.05) is 26.0 Å². The summed E-state index contributed by atoms with van der Waals surface area (Å²) in [4.78, 5) is 21.6. The highest BCUT2D eigenvalue weighted by atomic mass is 32.2. The number of rotatable bonds is 10. The Morgan fingerprint density at radius 1 is 1.22 bits per heavy atom. The molecule has 0 atom stereocenters. The Bertz CT molecular complexity index is 1280. The number of carbonyl (C=O) groups excluding carboxylic acids is 1. The standard InChI is InChI=1S/C25H33N5O5S2/c1-4-29-37(32,33)22-13-17(14-28-24-26-11-12-34-24)5-10-20(22)21-15-27-23(36-21)18-6-8-19(9-7-18)30-25(31)35-16(2)3/h5,10-13,15-16,18-19,29H,4,6-9,14H2,1-3H3,(H,26,28)(H,30,31). The highest BCUT2D eigenvalue weighted by molar-refractivity contribution is 7.89. The Hall–Kier alpha value is -2.96. The fraction of sp³-hybridized carbons (Fsp3) is 0.480. The molecule has 0 aliphatic heterocycles. The SMILES string of the molecule is CCNS(=O)(=O)c1cc(CNc2ncco2)ccc1-c1cnc(C2CCC(NC(=O)OC(C)C)CC2)s1. The van der Waals surface area contributed by atoms with Crippen LogP contribution >= 0.6 is 11.3 Å². The Morgan fingerprint density at radius 2 is 2.00 bits per heavy atom. The van der Waals surface area contributed by atoms with Gasteiger partial charge in [-0.25, -0.2) is 27.9 Å². The van der Waals surface area contributed by atoms with E-state index in [2.05, 4.69) is 25.3 Å². The minimum Gasteiger partial charge on any atom is -0.447 e. The average molecular weight is 548 g/mol. The summed E-state index contributed by atoms with van der Waals surface area (Å²) in [7, 11) is -3.72. The van der Waals surface area contributed by atoms with E-state index in [1.54, 1.807) is 19.2 Å². The number of oxazole rings is 1. The third kappa shape index (κ3) is 7.08. The Balaban J connectivity index is 1.48. The van der Waals surface area contributed by atoms with Crippen LogP contribution in [0.25, 0.3) is 10.4 Å². The van der Waals surface area contributed by atoms with Gasteiger partial charge in [0.2, 0.25) is 10.0 Å². The van der Waals surface area contributed by atoms with Gasteiger partial charge in [0, 0.05) is 36.8 Å². The number of thiazole rings is 1. The highest BCUT2D eigenvalue weighted by Crippen LogP contribution is 2.39. The van der Waals surface area contributed by atoms with E-state index in [9.17, 15) is 13.2 Å². The van der Waals surface area contributed by atoms with Crippen molar-refractivity contribution in [1.29, 1.82) is 0 Å². The van der Waals surface area contributed by atoms with Crippen molar-refractivity contribution in [2.45, 2.75) is 76.0 Å². The number of nitrogens with zero attached hydrogens (tertiary/aromatic N) is 2. The van der Waals surface area contributed by atoms with Crippen molar-refractivity contribution in [3.8, 4) is 10.4 Å². The van der Waals surface area contributed by atoms with E-state index >= 15 is 0 Å². The van der Waals surface area contributed by atoms with Gasteiger partial charge >= 0.3 is 6.09 Å². The number of amides is 1. The summed E-state index contributed by atoms with van der Waals surface area (Å²) in [5.74, 6) is 0.274. The lowest BCUT2D eigenvalue weighted by molar-refractivity contribution is 0.109. The number of ether oxygens (including phenoxy) is 1. The Kier molecular flexibility index (Phi) is 8.83. The number of carbonyl (C=O) groups is 1. The molecule has 1 amide bonds. The molecular formula is C25H33N5O5S2. The quantitative estimate of drug-likeness (QED) is 0.327. The van der Waals surface area contributed by atoms with Crippen LogP contribution in [0.3, 0.4) is 0 Å². The van der Waals surface area contributed by atoms with Crippen LogP contribution in [-0.2, 0) is 21.3 Å². The van der Waals surface area contributed by atoms with E-state index in [0.29, 0.717) is 18.1 Å². The predicted octanol–water partition coefficient (Wildman–Crippen LogP) is 4.87. The number of alkyl carbamates (subject to hydrolysis) is 1. The second-order valence-electron chi connectivity index (χ2n) is 9.23. The van der Waals surface area contributed by atoms with Crippen molar-refractivity contribution in [3.63, 3.8) is 0 Å². The maximum atomic E-state index is 13.1. The van der Waals surface area contributed by atoms with Crippen LogP contribution in [0.4, 0.5) is 10.8 Å². The van der Waals surface area contributed by atoms with Gasteiger partial charge in [0.25, 0.3) is 6.01 Å². The van der Waals surface area contributed by atoms with Gasteiger partial charge < -0.3 is 19.8 Å². The molecule has 200 valence electrons.